The van der Waals surface area contributed by atoms with Crippen molar-refractivity contribution in [3.8, 4) is 5.75 Å². The number of carbonyl (C=O) groups is 2. The molecule has 0 bridgehead atoms. The number of hydrogen-bond donors (Lipinski definition) is 2. The Morgan fingerprint density at radius 1 is 1.24 bits per heavy atom. The average Bonchev–Trinajstić information content (AvgIpc) is 2.57. The Morgan fingerprint density at radius 3 is 2.60 bits per heavy atom. The van der Waals surface area contributed by atoms with Crippen LogP contribution in [-0.4, -0.2) is 25.2 Å². The summed E-state index contributed by atoms with van der Waals surface area (Å²) < 4.78 is 11.7. The maximum atomic E-state index is 12.4. The lowest BCUT2D eigenvalue weighted by Gasteiger charge is -2.28. The van der Waals surface area contributed by atoms with Crippen LogP contribution >= 0.6 is 15.9 Å². The fourth-order valence-corrected chi connectivity index (χ4v) is 3.02. The molecule has 1 aromatic carbocycles. The van der Waals surface area contributed by atoms with Gasteiger partial charge in [0, 0.05) is 5.70 Å². The van der Waals surface area contributed by atoms with Gasteiger partial charge in [-0.1, -0.05) is 19.9 Å². The van der Waals surface area contributed by atoms with Crippen LogP contribution in [-0.2, 0) is 9.53 Å². The number of nitrogens with one attached hydrogen (secondary N) is 2. The Labute approximate surface area is 156 Å². The van der Waals surface area contributed by atoms with Crippen LogP contribution in [0.25, 0.3) is 0 Å². The van der Waals surface area contributed by atoms with E-state index in [2.05, 4.69) is 26.6 Å². The van der Waals surface area contributed by atoms with Gasteiger partial charge in [0.15, 0.2) is 0 Å². The maximum Gasteiger partial charge on any atom is 0.338 e. The zero-order valence-corrected chi connectivity index (χ0v) is 16.2. The predicted octanol–water partition coefficient (Wildman–Crippen LogP) is 3.82. The average molecular weight is 411 g/mol. The minimum atomic E-state index is -0.574. The van der Waals surface area contributed by atoms with Gasteiger partial charge in [0.05, 0.1) is 29.3 Å². The molecule has 7 heteroatoms. The number of benzene rings is 1. The standard InChI is InChI=1S/C18H23BrN2O4/c1-4-8-24-14-7-6-12(10-13(14)19)16-15(17(22)25-9-5-2)11(3)20-18(23)21-16/h6-7,10,16H,4-5,8-9H2,1-3H3,(H2,20,21,23). The summed E-state index contributed by atoms with van der Waals surface area (Å²) in [4.78, 5) is 24.3. The third-order valence-corrected chi connectivity index (χ3v) is 4.30. The number of halogens is 1. The summed E-state index contributed by atoms with van der Waals surface area (Å²) in [5.74, 6) is 0.293. The molecule has 0 aliphatic carbocycles. The Bertz CT molecular complexity index is 688. The van der Waals surface area contributed by atoms with E-state index in [9.17, 15) is 9.59 Å². The summed E-state index contributed by atoms with van der Waals surface area (Å²) in [6.45, 7) is 6.62. The molecule has 0 saturated heterocycles. The van der Waals surface area contributed by atoms with Crippen molar-refractivity contribution in [2.24, 2.45) is 0 Å². The van der Waals surface area contributed by atoms with Crippen molar-refractivity contribution in [3.05, 3.63) is 39.5 Å². The highest BCUT2D eigenvalue weighted by Gasteiger charge is 2.32. The van der Waals surface area contributed by atoms with Gasteiger partial charge in [-0.25, -0.2) is 9.59 Å². The lowest BCUT2D eigenvalue weighted by molar-refractivity contribution is -0.139. The van der Waals surface area contributed by atoms with Crippen LogP contribution in [0, 0.1) is 0 Å². The molecule has 0 spiro atoms. The first-order valence-corrected chi connectivity index (χ1v) is 9.14. The number of rotatable bonds is 7. The SMILES string of the molecule is CCCOC(=O)C1=C(C)NC(=O)NC1c1ccc(OCCC)c(Br)c1. The maximum absolute atomic E-state index is 12.4. The lowest BCUT2D eigenvalue weighted by Crippen LogP contribution is -2.45. The van der Waals surface area contributed by atoms with E-state index >= 15 is 0 Å². The van der Waals surface area contributed by atoms with E-state index in [1.165, 1.54) is 0 Å². The smallest absolute Gasteiger partial charge is 0.338 e. The second-order valence-corrected chi connectivity index (χ2v) is 6.60. The molecule has 0 fully saturated rings. The highest BCUT2D eigenvalue weighted by molar-refractivity contribution is 9.10. The van der Waals surface area contributed by atoms with E-state index in [4.69, 9.17) is 9.47 Å². The van der Waals surface area contributed by atoms with Crippen LogP contribution < -0.4 is 15.4 Å². The van der Waals surface area contributed by atoms with Crippen LogP contribution in [0.4, 0.5) is 4.79 Å². The van der Waals surface area contributed by atoms with E-state index in [1.54, 1.807) is 6.92 Å². The van der Waals surface area contributed by atoms with Crippen molar-refractivity contribution in [3.63, 3.8) is 0 Å². The zero-order chi connectivity index (χ0) is 18.4. The number of amides is 2. The fourth-order valence-electron chi connectivity index (χ4n) is 2.51. The molecule has 0 saturated carbocycles. The number of allylic oxidation sites excluding steroid dienone is 1. The van der Waals surface area contributed by atoms with Gasteiger partial charge in [0.2, 0.25) is 0 Å². The monoisotopic (exact) mass is 410 g/mol. The summed E-state index contributed by atoms with van der Waals surface area (Å²) in [6, 6.07) is 4.59. The molecule has 1 aliphatic rings. The number of esters is 1. The molecule has 0 radical (unpaired) electrons. The Balaban J connectivity index is 2.33. The fraction of sp³-hybridized carbons (Fsp3) is 0.444. The van der Waals surface area contributed by atoms with Gasteiger partial charge in [-0.3, -0.25) is 0 Å². The zero-order valence-electron chi connectivity index (χ0n) is 14.6. The number of ether oxygens (including phenoxy) is 2. The molecular weight excluding hydrogens is 388 g/mol. The first kappa shape index (κ1) is 19.3. The molecule has 1 aromatic rings. The lowest BCUT2D eigenvalue weighted by atomic mass is 9.95. The molecule has 2 N–H and O–H groups in total. The second-order valence-electron chi connectivity index (χ2n) is 5.74. The predicted molar refractivity (Wildman–Crippen MR) is 98.3 cm³/mol. The molecule has 1 unspecified atom stereocenters. The third-order valence-electron chi connectivity index (χ3n) is 3.68. The molecule has 136 valence electrons. The molecule has 2 rings (SSSR count). The van der Waals surface area contributed by atoms with Crippen molar-refractivity contribution in [2.45, 2.75) is 39.7 Å². The number of carbonyl (C=O) groups excluding carboxylic acids is 2. The van der Waals surface area contributed by atoms with Crippen LogP contribution in [0.3, 0.4) is 0 Å². The van der Waals surface area contributed by atoms with E-state index in [-0.39, 0.29) is 6.03 Å². The summed E-state index contributed by atoms with van der Waals surface area (Å²) in [5.41, 5.74) is 1.67. The molecular formula is C18H23BrN2O4. The highest BCUT2D eigenvalue weighted by atomic mass is 79.9. The van der Waals surface area contributed by atoms with Crippen molar-refractivity contribution < 1.29 is 19.1 Å². The minimum Gasteiger partial charge on any atom is -0.492 e. The minimum absolute atomic E-state index is 0.337. The number of hydrogen-bond acceptors (Lipinski definition) is 4. The molecule has 25 heavy (non-hydrogen) atoms. The first-order chi connectivity index (χ1) is 12.0. The van der Waals surface area contributed by atoms with Gasteiger partial charge in [0.1, 0.15) is 5.75 Å². The van der Waals surface area contributed by atoms with Crippen molar-refractivity contribution in [1.29, 1.82) is 0 Å². The molecule has 1 aliphatic heterocycles. The Hall–Kier alpha value is -2.02. The quantitative estimate of drug-likeness (QED) is 0.669. The van der Waals surface area contributed by atoms with Gasteiger partial charge in [0.25, 0.3) is 0 Å². The highest BCUT2D eigenvalue weighted by Crippen LogP contribution is 2.33. The summed E-state index contributed by atoms with van der Waals surface area (Å²) in [5, 5.41) is 5.42. The third kappa shape index (κ3) is 4.75. The van der Waals surface area contributed by atoms with Crippen LogP contribution in [0.2, 0.25) is 0 Å². The normalized spacial score (nSPS) is 17.0. The topological polar surface area (TPSA) is 76.7 Å². The Morgan fingerprint density at radius 2 is 1.96 bits per heavy atom. The van der Waals surface area contributed by atoms with Crippen LogP contribution in [0.15, 0.2) is 33.9 Å². The van der Waals surface area contributed by atoms with Gasteiger partial charge in [-0.05, 0) is 53.4 Å². The van der Waals surface area contributed by atoms with Gasteiger partial charge in [-0.2, -0.15) is 0 Å². The second kappa shape index (κ2) is 8.89. The molecule has 2 amide bonds. The van der Waals surface area contributed by atoms with Crippen LogP contribution in [0.1, 0.15) is 45.2 Å². The van der Waals surface area contributed by atoms with E-state index in [0.29, 0.717) is 24.5 Å². The Kier molecular flexibility index (Phi) is 6.87. The van der Waals surface area contributed by atoms with E-state index < -0.39 is 12.0 Å². The van der Waals surface area contributed by atoms with Gasteiger partial charge < -0.3 is 20.1 Å². The summed E-state index contributed by atoms with van der Waals surface area (Å²) in [7, 11) is 0. The summed E-state index contributed by atoms with van der Waals surface area (Å²) in [6.07, 6.45) is 1.64. The summed E-state index contributed by atoms with van der Waals surface area (Å²) >= 11 is 3.49. The van der Waals surface area contributed by atoms with Gasteiger partial charge in [-0.15, -0.1) is 0 Å². The van der Waals surface area contributed by atoms with Crippen molar-refractivity contribution in [2.75, 3.05) is 13.2 Å². The molecule has 6 nitrogen and oxygen atoms in total. The first-order valence-electron chi connectivity index (χ1n) is 8.35. The van der Waals surface area contributed by atoms with Crippen molar-refractivity contribution in [1.82, 2.24) is 10.6 Å². The van der Waals surface area contributed by atoms with E-state index in [0.717, 1.165) is 28.6 Å². The van der Waals surface area contributed by atoms with E-state index in [1.807, 2.05) is 32.0 Å². The van der Waals surface area contributed by atoms with Gasteiger partial charge >= 0.3 is 12.0 Å². The number of urea groups is 1. The van der Waals surface area contributed by atoms with Crippen molar-refractivity contribution >= 4 is 27.9 Å². The molecule has 1 atom stereocenters. The van der Waals surface area contributed by atoms with Crippen LogP contribution in [0.5, 0.6) is 5.75 Å². The largest absolute Gasteiger partial charge is 0.492 e. The molecule has 0 aromatic heterocycles. The molecule has 1 heterocycles.